The highest BCUT2D eigenvalue weighted by molar-refractivity contribution is 7.90. The molecule has 0 saturated carbocycles. The summed E-state index contributed by atoms with van der Waals surface area (Å²) in [5.41, 5.74) is 0.603. The van der Waals surface area contributed by atoms with E-state index in [2.05, 4.69) is 9.89 Å². The lowest BCUT2D eigenvalue weighted by Crippen LogP contribution is -2.35. The standard InChI is InChI=1S/C23H25F3N2O4S2/c1-22(32-15-23(24,25)26)8-7-19(27-14-22)20-13-18(21(33-20)28-9-11-31-12-10-28)16-3-5-17(6-4-16)34(2,29)30/h3-8,13-14,19H,9-12,15H2,1-2H3. The minimum absolute atomic E-state index is 0.248. The van der Waals surface area contributed by atoms with E-state index in [1.165, 1.54) is 19.4 Å². The summed E-state index contributed by atoms with van der Waals surface area (Å²) >= 11 is 1.56. The Kier molecular flexibility index (Phi) is 6.92. The molecular weight excluding hydrogens is 489 g/mol. The zero-order valence-corrected chi connectivity index (χ0v) is 20.3. The van der Waals surface area contributed by atoms with Crippen LogP contribution in [0.1, 0.15) is 17.8 Å². The number of hydrogen-bond acceptors (Lipinski definition) is 7. The molecule has 0 radical (unpaired) electrons. The van der Waals surface area contributed by atoms with Crippen molar-refractivity contribution in [1.29, 1.82) is 0 Å². The Labute approximate surface area is 200 Å². The van der Waals surface area contributed by atoms with Crippen LogP contribution in [0.25, 0.3) is 11.1 Å². The highest BCUT2D eigenvalue weighted by Gasteiger charge is 2.34. The second-order valence-corrected chi connectivity index (χ2v) is 11.5. The number of rotatable bonds is 6. The first kappa shape index (κ1) is 24.9. The number of benzene rings is 1. The number of dihydropyridines is 1. The Hall–Kier alpha value is -2.21. The molecule has 0 N–H and O–H groups in total. The molecule has 2 unspecified atom stereocenters. The Bertz CT molecular complexity index is 1170. The van der Waals surface area contributed by atoms with Crippen LogP contribution in [0, 0.1) is 0 Å². The van der Waals surface area contributed by atoms with E-state index in [-0.39, 0.29) is 10.9 Å². The summed E-state index contributed by atoms with van der Waals surface area (Å²) in [6, 6.07) is 8.41. The Morgan fingerprint density at radius 1 is 1.24 bits per heavy atom. The maximum Gasteiger partial charge on any atom is 0.411 e. The van der Waals surface area contributed by atoms with Gasteiger partial charge in [-0.15, -0.1) is 11.3 Å². The van der Waals surface area contributed by atoms with Gasteiger partial charge in [-0.05, 0) is 36.8 Å². The molecule has 6 nitrogen and oxygen atoms in total. The summed E-state index contributed by atoms with van der Waals surface area (Å²) in [7, 11) is -3.30. The Morgan fingerprint density at radius 3 is 2.47 bits per heavy atom. The highest BCUT2D eigenvalue weighted by atomic mass is 32.2. The zero-order valence-electron chi connectivity index (χ0n) is 18.7. The number of anilines is 1. The maximum absolute atomic E-state index is 12.6. The normalized spacial score (nSPS) is 23.4. The number of thiophene rings is 1. The number of alkyl halides is 3. The quantitative estimate of drug-likeness (QED) is 0.524. The topological polar surface area (TPSA) is 68.2 Å². The number of nitrogens with zero attached hydrogens (tertiary/aromatic N) is 2. The van der Waals surface area contributed by atoms with Gasteiger partial charge < -0.3 is 14.4 Å². The molecule has 0 aliphatic carbocycles. The summed E-state index contributed by atoms with van der Waals surface area (Å²) in [5, 5.41) is 1.02. The second-order valence-electron chi connectivity index (χ2n) is 8.43. The first-order chi connectivity index (χ1) is 15.9. The monoisotopic (exact) mass is 514 g/mol. The van der Waals surface area contributed by atoms with E-state index in [1.54, 1.807) is 47.8 Å². The van der Waals surface area contributed by atoms with Gasteiger partial charge in [0.2, 0.25) is 0 Å². The first-order valence-corrected chi connectivity index (χ1v) is 13.4. The summed E-state index contributed by atoms with van der Waals surface area (Å²) in [4.78, 5) is 7.88. The highest BCUT2D eigenvalue weighted by Crippen LogP contribution is 2.43. The van der Waals surface area contributed by atoms with Gasteiger partial charge in [-0.1, -0.05) is 18.2 Å². The lowest BCUT2D eigenvalue weighted by atomic mass is 10.0. The third kappa shape index (κ3) is 5.88. The summed E-state index contributed by atoms with van der Waals surface area (Å²) in [6.07, 6.45) is 1.53. The fourth-order valence-corrected chi connectivity index (χ4v) is 5.62. The third-order valence-corrected chi connectivity index (χ3v) is 7.96. The van der Waals surface area contributed by atoms with E-state index in [0.717, 1.165) is 34.1 Å². The van der Waals surface area contributed by atoms with Crippen LogP contribution in [0.5, 0.6) is 0 Å². The first-order valence-electron chi connectivity index (χ1n) is 10.6. The van der Waals surface area contributed by atoms with E-state index in [0.29, 0.717) is 13.2 Å². The van der Waals surface area contributed by atoms with Crippen molar-refractivity contribution in [2.75, 3.05) is 44.1 Å². The lowest BCUT2D eigenvalue weighted by Gasteiger charge is -2.28. The lowest BCUT2D eigenvalue weighted by molar-refractivity contribution is -0.185. The van der Waals surface area contributed by atoms with Crippen molar-refractivity contribution in [3.63, 3.8) is 0 Å². The number of morpholine rings is 1. The average molecular weight is 515 g/mol. The molecule has 0 spiro atoms. The molecule has 4 rings (SSSR count). The van der Waals surface area contributed by atoms with Crippen molar-refractivity contribution >= 4 is 32.4 Å². The molecule has 1 aromatic carbocycles. The van der Waals surface area contributed by atoms with Crippen molar-refractivity contribution in [3.05, 3.63) is 47.4 Å². The Morgan fingerprint density at radius 2 is 1.91 bits per heavy atom. The summed E-state index contributed by atoms with van der Waals surface area (Å²) in [6.45, 7) is 2.85. The van der Waals surface area contributed by atoms with Crippen LogP contribution < -0.4 is 4.90 Å². The molecular formula is C23H25F3N2O4S2. The van der Waals surface area contributed by atoms with E-state index in [9.17, 15) is 21.6 Å². The van der Waals surface area contributed by atoms with Gasteiger partial charge in [0.1, 0.15) is 18.2 Å². The fraction of sp³-hybridized carbons (Fsp3) is 0.435. The SMILES string of the molecule is CC1(OCC(F)(F)F)C=CC(c2cc(-c3ccc(S(C)(=O)=O)cc3)c(N3CCOCC3)s2)N=C1. The number of aliphatic imine (C=N–C) groups is 1. The summed E-state index contributed by atoms with van der Waals surface area (Å²) in [5.74, 6) is 0. The van der Waals surface area contributed by atoms with Crippen LogP contribution in [0.15, 0.2) is 52.4 Å². The largest absolute Gasteiger partial charge is 0.411 e. The van der Waals surface area contributed by atoms with Crippen molar-refractivity contribution in [3.8, 4) is 11.1 Å². The molecule has 34 heavy (non-hydrogen) atoms. The van der Waals surface area contributed by atoms with Crippen molar-refractivity contribution < 1.29 is 31.1 Å². The molecule has 11 heteroatoms. The van der Waals surface area contributed by atoms with Gasteiger partial charge in [0, 0.05) is 36.0 Å². The fourth-order valence-electron chi connectivity index (χ4n) is 3.73. The molecule has 0 bridgehead atoms. The van der Waals surface area contributed by atoms with Gasteiger partial charge in [-0.2, -0.15) is 13.2 Å². The zero-order chi connectivity index (χ0) is 24.6. The van der Waals surface area contributed by atoms with Crippen LogP contribution in [-0.4, -0.2) is 65.6 Å². The maximum atomic E-state index is 12.6. The van der Waals surface area contributed by atoms with Crippen LogP contribution in [0.4, 0.5) is 18.2 Å². The smallest absolute Gasteiger partial charge is 0.378 e. The Balaban J connectivity index is 1.63. The predicted octanol–water partition coefficient (Wildman–Crippen LogP) is 4.67. The number of hydrogen-bond donors (Lipinski definition) is 0. The van der Waals surface area contributed by atoms with Gasteiger partial charge in [0.15, 0.2) is 9.84 Å². The third-order valence-electron chi connectivity index (χ3n) is 5.56. The molecule has 1 fully saturated rings. The molecule has 1 aromatic heterocycles. The van der Waals surface area contributed by atoms with Crippen LogP contribution in [0.3, 0.4) is 0 Å². The van der Waals surface area contributed by atoms with Crippen molar-refractivity contribution in [2.45, 2.75) is 29.6 Å². The minimum atomic E-state index is -4.41. The number of halogens is 3. The van der Waals surface area contributed by atoms with E-state index in [1.807, 2.05) is 6.07 Å². The van der Waals surface area contributed by atoms with Gasteiger partial charge >= 0.3 is 6.18 Å². The number of sulfone groups is 1. The van der Waals surface area contributed by atoms with E-state index in [4.69, 9.17) is 9.47 Å². The molecule has 3 heterocycles. The van der Waals surface area contributed by atoms with Crippen LogP contribution >= 0.6 is 11.3 Å². The molecule has 2 atom stereocenters. The molecule has 2 aromatic rings. The van der Waals surface area contributed by atoms with Crippen molar-refractivity contribution in [1.82, 2.24) is 0 Å². The van der Waals surface area contributed by atoms with Crippen LogP contribution in [-0.2, 0) is 19.3 Å². The van der Waals surface area contributed by atoms with E-state index >= 15 is 0 Å². The van der Waals surface area contributed by atoms with Gasteiger partial charge in [-0.25, -0.2) is 8.42 Å². The number of ether oxygens (including phenoxy) is 2. The predicted molar refractivity (Wildman–Crippen MR) is 127 cm³/mol. The second kappa shape index (κ2) is 9.44. The van der Waals surface area contributed by atoms with Gasteiger partial charge in [0.05, 0.1) is 23.1 Å². The van der Waals surface area contributed by atoms with Crippen molar-refractivity contribution in [2.24, 2.45) is 4.99 Å². The van der Waals surface area contributed by atoms with Crippen LogP contribution in [0.2, 0.25) is 0 Å². The molecule has 1 saturated heterocycles. The minimum Gasteiger partial charge on any atom is -0.378 e. The van der Waals surface area contributed by atoms with Gasteiger partial charge in [-0.3, -0.25) is 4.99 Å². The molecule has 2 aliphatic heterocycles. The van der Waals surface area contributed by atoms with Gasteiger partial charge in [0.25, 0.3) is 0 Å². The average Bonchev–Trinajstić information content (AvgIpc) is 3.23. The van der Waals surface area contributed by atoms with E-state index < -0.39 is 28.2 Å². The molecule has 184 valence electrons. The summed E-state index contributed by atoms with van der Waals surface area (Å²) < 4.78 is 71.9. The molecule has 0 amide bonds. The molecule has 2 aliphatic rings.